The van der Waals surface area contributed by atoms with Crippen LogP contribution in [0.5, 0.6) is 5.75 Å². The van der Waals surface area contributed by atoms with E-state index < -0.39 is 39.0 Å². The lowest BCUT2D eigenvalue weighted by molar-refractivity contribution is -0.180. The molecule has 2 rings (SSSR count). The maximum absolute atomic E-state index is 12.8. The van der Waals surface area contributed by atoms with Crippen molar-refractivity contribution in [1.82, 2.24) is 15.0 Å². The molecule has 0 aliphatic carbocycles. The number of rotatable bonds is 3. The summed E-state index contributed by atoms with van der Waals surface area (Å²) in [5.74, 6) is -1.44. The molecule has 0 unspecified atom stereocenters. The molecule has 0 aromatic carbocycles. The predicted molar refractivity (Wildman–Crippen MR) is 107 cm³/mol. The first-order chi connectivity index (χ1) is 14.4. The van der Waals surface area contributed by atoms with Crippen LogP contribution in [0.4, 0.5) is 18.0 Å². The molecule has 0 bridgehead atoms. The summed E-state index contributed by atoms with van der Waals surface area (Å²) in [5, 5.41) is 1.89. The summed E-state index contributed by atoms with van der Waals surface area (Å²) in [7, 11) is -5.85. The first kappa shape index (κ1) is 25.6. The number of amides is 1. The molecule has 180 valence electrons. The molecule has 1 aliphatic heterocycles. The van der Waals surface area contributed by atoms with E-state index in [1.807, 2.05) is 5.32 Å². The highest BCUT2D eigenvalue weighted by Crippen LogP contribution is 2.35. The first-order valence-electron chi connectivity index (χ1n) is 9.34. The number of sulfonamides is 1. The lowest BCUT2D eigenvalue weighted by Crippen LogP contribution is -2.49. The van der Waals surface area contributed by atoms with Gasteiger partial charge in [-0.3, -0.25) is 10.3 Å². The maximum Gasteiger partial charge on any atom is 0.516 e. The Bertz CT molecular complexity index is 1020. The van der Waals surface area contributed by atoms with E-state index in [0.29, 0.717) is 22.6 Å². The van der Waals surface area contributed by atoms with Crippen LogP contribution in [0, 0.1) is 6.92 Å². The van der Waals surface area contributed by atoms with Crippen molar-refractivity contribution in [2.75, 3.05) is 0 Å². The molecule has 0 spiro atoms. The zero-order valence-corrected chi connectivity index (χ0v) is 19.2. The molecule has 0 saturated carbocycles. The number of pyridine rings is 1. The van der Waals surface area contributed by atoms with Crippen molar-refractivity contribution in [2.45, 2.75) is 71.6 Å². The SMILES string of the molecule is Cc1ncc(CN=C(NC(=O)OC(C)(C)C)NS(=O)(=O)C(F)(F)F)c2c1OC(C)(C)OC2. The maximum atomic E-state index is 12.8. The van der Waals surface area contributed by atoms with Gasteiger partial charge in [0.2, 0.25) is 11.7 Å². The van der Waals surface area contributed by atoms with Gasteiger partial charge < -0.3 is 14.2 Å². The molecule has 0 atom stereocenters. The predicted octanol–water partition coefficient (Wildman–Crippen LogP) is 2.86. The summed E-state index contributed by atoms with van der Waals surface area (Å²) in [5.41, 5.74) is -5.10. The van der Waals surface area contributed by atoms with Gasteiger partial charge in [0.1, 0.15) is 11.4 Å². The molecule has 0 radical (unpaired) electrons. The van der Waals surface area contributed by atoms with Crippen molar-refractivity contribution in [3.63, 3.8) is 0 Å². The van der Waals surface area contributed by atoms with E-state index in [4.69, 9.17) is 14.2 Å². The van der Waals surface area contributed by atoms with Crippen molar-refractivity contribution in [3.8, 4) is 5.75 Å². The quantitative estimate of drug-likeness (QED) is 0.501. The van der Waals surface area contributed by atoms with Crippen molar-refractivity contribution >= 4 is 22.1 Å². The third-order valence-electron chi connectivity index (χ3n) is 3.88. The number of nitrogens with zero attached hydrogens (tertiary/aromatic N) is 2. The molecule has 2 N–H and O–H groups in total. The highest BCUT2D eigenvalue weighted by molar-refractivity contribution is 7.90. The molecular weight excluding hydrogens is 457 g/mol. The summed E-state index contributed by atoms with van der Waals surface area (Å²) >= 11 is 0. The van der Waals surface area contributed by atoms with Gasteiger partial charge in [0.15, 0.2) is 0 Å². The molecule has 32 heavy (non-hydrogen) atoms. The van der Waals surface area contributed by atoms with E-state index in [9.17, 15) is 26.4 Å². The van der Waals surface area contributed by atoms with Gasteiger partial charge in [0.25, 0.3) is 0 Å². The zero-order valence-electron chi connectivity index (χ0n) is 18.4. The van der Waals surface area contributed by atoms with E-state index in [2.05, 4.69) is 9.98 Å². The average molecular weight is 482 g/mol. The Hall–Kier alpha value is -2.61. The van der Waals surface area contributed by atoms with E-state index >= 15 is 0 Å². The van der Waals surface area contributed by atoms with E-state index in [1.165, 1.54) is 31.7 Å². The number of aryl methyl sites for hydroxylation is 1. The van der Waals surface area contributed by atoms with Gasteiger partial charge in [-0.25, -0.2) is 14.5 Å². The van der Waals surface area contributed by atoms with E-state index in [1.54, 1.807) is 20.8 Å². The summed E-state index contributed by atoms with van der Waals surface area (Å²) in [4.78, 5) is 20.0. The number of alkyl halides is 3. The average Bonchev–Trinajstić information content (AvgIpc) is 2.57. The first-order valence-corrected chi connectivity index (χ1v) is 10.8. The number of aromatic nitrogens is 1. The Kier molecular flexibility index (Phi) is 7.00. The minimum atomic E-state index is -5.85. The van der Waals surface area contributed by atoms with Crippen LogP contribution in [-0.2, 0) is 32.6 Å². The fraction of sp³-hybridized carbons (Fsp3) is 0.611. The normalized spacial score (nSPS) is 16.6. The van der Waals surface area contributed by atoms with Gasteiger partial charge >= 0.3 is 21.6 Å². The number of halogens is 3. The van der Waals surface area contributed by atoms with Crippen LogP contribution in [0.1, 0.15) is 51.4 Å². The molecule has 1 amide bonds. The Morgan fingerprint density at radius 2 is 1.94 bits per heavy atom. The van der Waals surface area contributed by atoms with Crippen LogP contribution in [0.25, 0.3) is 0 Å². The third-order valence-corrected chi connectivity index (χ3v) is 4.95. The lowest BCUT2D eigenvalue weighted by Gasteiger charge is -2.34. The Balaban J connectivity index is 2.36. The number of carbonyl (C=O) groups excluding carboxylic acids is 1. The number of guanidine groups is 1. The van der Waals surface area contributed by atoms with E-state index in [-0.39, 0.29) is 13.2 Å². The van der Waals surface area contributed by atoms with Crippen molar-refractivity contribution in [2.24, 2.45) is 4.99 Å². The van der Waals surface area contributed by atoms with E-state index in [0.717, 1.165) is 0 Å². The minimum Gasteiger partial charge on any atom is -0.461 e. The Labute approximate surface area is 183 Å². The van der Waals surface area contributed by atoms with Crippen LogP contribution in [0.2, 0.25) is 0 Å². The summed E-state index contributed by atoms with van der Waals surface area (Å²) < 4.78 is 79.0. The van der Waals surface area contributed by atoms with Gasteiger partial charge in [0.05, 0.1) is 18.8 Å². The Morgan fingerprint density at radius 1 is 1.31 bits per heavy atom. The second-order valence-electron chi connectivity index (χ2n) is 8.31. The summed E-state index contributed by atoms with van der Waals surface area (Å²) in [6, 6.07) is 0. The highest BCUT2D eigenvalue weighted by atomic mass is 32.2. The number of hydrogen-bond acceptors (Lipinski definition) is 8. The molecular formula is C18H25F3N4O6S. The molecule has 0 fully saturated rings. The topological polar surface area (TPSA) is 128 Å². The molecule has 14 heteroatoms. The number of aliphatic imine (C=N–C) groups is 1. The minimum absolute atomic E-state index is 0.111. The number of carbonyl (C=O) groups is 1. The fourth-order valence-corrected chi connectivity index (χ4v) is 2.96. The molecule has 0 saturated heterocycles. The number of fused-ring (bicyclic) bond motifs is 1. The standard InChI is InChI=1S/C18H25F3N4O6S/c1-10-13-12(9-29-17(5,6)30-13)11(7-22-10)8-23-14(24-15(26)31-16(2,3)4)25-32(27,28)18(19,20)21/h7H,8-9H2,1-6H3,(H2,23,24,25,26). The van der Waals surface area contributed by atoms with Crippen LogP contribution in [0.3, 0.4) is 0 Å². The van der Waals surface area contributed by atoms with Crippen molar-refractivity contribution in [1.29, 1.82) is 0 Å². The molecule has 2 heterocycles. The lowest BCUT2D eigenvalue weighted by atomic mass is 10.1. The number of alkyl carbamates (subject to hydrolysis) is 1. The van der Waals surface area contributed by atoms with Crippen molar-refractivity contribution in [3.05, 3.63) is 23.0 Å². The van der Waals surface area contributed by atoms with Gasteiger partial charge in [0, 0.05) is 31.2 Å². The molecule has 1 aromatic rings. The molecule has 1 aromatic heterocycles. The largest absolute Gasteiger partial charge is 0.516 e. The number of ether oxygens (including phenoxy) is 3. The van der Waals surface area contributed by atoms with Crippen LogP contribution in [-0.4, -0.2) is 42.4 Å². The smallest absolute Gasteiger partial charge is 0.461 e. The summed E-state index contributed by atoms with van der Waals surface area (Å²) in [6.45, 7) is 9.46. The van der Waals surface area contributed by atoms with Crippen LogP contribution >= 0.6 is 0 Å². The zero-order chi connectivity index (χ0) is 24.5. The monoisotopic (exact) mass is 482 g/mol. The highest BCUT2D eigenvalue weighted by Gasteiger charge is 2.47. The third kappa shape index (κ3) is 6.69. The fourth-order valence-electron chi connectivity index (χ4n) is 2.47. The second kappa shape index (κ2) is 8.73. The number of nitrogens with one attached hydrogen (secondary N) is 2. The summed E-state index contributed by atoms with van der Waals surface area (Å²) in [6.07, 6.45) is 0.213. The van der Waals surface area contributed by atoms with Gasteiger partial charge in [-0.15, -0.1) is 0 Å². The second-order valence-corrected chi connectivity index (χ2v) is 9.98. The Morgan fingerprint density at radius 3 is 2.50 bits per heavy atom. The van der Waals surface area contributed by atoms with Crippen LogP contribution < -0.4 is 14.8 Å². The molecule has 1 aliphatic rings. The van der Waals surface area contributed by atoms with Gasteiger partial charge in [-0.05, 0) is 27.7 Å². The van der Waals surface area contributed by atoms with Crippen LogP contribution in [0.15, 0.2) is 11.2 Å². The van der Waals surface area contributed by atoms with Gasteiger partial charge in [-0.2, -0.15) is 21.6 Å². The van der Waals surface area contributed by atoms with Gasteiger partial charge in [-0.1, -0.05) is 0 Å². The molecule has 10 nitrogen and oxygen atoms in total. The number of hydrogen-bond donors (Lipinski definition) is 2. The van der Waals surface area contributed by atoms with Crippen molar-refractivity contribution < 1.29 is 40.6 Å².